The molecule has 0 spiro atoms. The van der Waals surface area contributed by atoms with Crippen molar-refractivity contribution in [1.29, 1.82) is 0 Å². The van der Waals surface area contributed by atoms with Crippen LogP contribution in [-0.4, -0.2) is 31.1 Å². The summed E-state index contributed by atoms with van der Waals surface area (Å²) in [5, 5.41) is 5.48. The van der Waals surface area contributed by atoms with E-state index in [9.17, 15) is 14.0 Å². The maximum atomic E-state index is 12.9. The van der Waals surface area contributed by atoms with E-state index in [1.807, 2.05) is 6.92 Å². The molecule has 1 aromatic rings. The number of nitrogens with zero attached hydrogens (tertiary/aromatic N) is 1. The van der Waals surface area contributed by atoms with E-state index in [1.165, 1.54) is 12.1 Å². The molecule has 1 heterocycles. The van der Waals surface area contributed by atoms with Gasteiger partial charge in [-0.1, -0.05) is 6.92 Å². The van der Waals surface area contributed by atoms with E-state index in [2.05, 4.69) is 10.6 Å². The minimum absolute atomic E-state index is 0.0719. The summed E-state index contributed by atoms with van der Waals surface area (Å²) in [5.74, 6) is -0.411. The SMILES string of the molecule is CCCNC(=O)N[C@H]1CC(=O)N(c2ccc(F)cc2)C1. The zero-order chi connectivity index (χ0) is 14.5. The van der Waals surface area contributed by atoms with Crippen molar-refractivity contribution in [1.82, 2.24) is 10.6 Å². The molecule has 0 unspecified atom stereocenters. The minimum Gasteiger partial charge on any atom is -0.338 e. The number of anilines is 1. The molecule has 20 heavy (non-hydrogen) atoms. The summed E-state index contributed by atoms with van der Waals surface area (Å²) in [6.07, 6.45) is 1.12. The van der Waals surface area contributed by atoms with Gasteiger partial charge in [0.1, 0.15) is 5.82 Å². The Bertz CT molecular complexity index is 490. The van der Waals surface area contributed by atoms with Crippen LogP contribution in [0.4, 0.5) is 14.9 Å². The molecule has 6 heteroatoms. The highest BCUT2D eigenvalue weighted by molar-refractivity contribution is 5.96. The first-order valence-corrected chi connectivity index (χ1v) is 6.70. The van der Waals surface area contributed by atoms with Gasteiger partial charge in [-0.25, -0.2) is 9.18 Å². The Morgan fingerprint density at radius 2 is 2.10 bits per heavy atom. The van der Waals surface area contributed by atoms with Crippen LogP contribution in [0.1, 0.15) is 19.8 Å². The van der Waals surface area contributed by atoms with Crippen LogP contribution in [0.3, 0.4) is 0 Å². The molecule has 1 fully saturated rings. The van der Waals surface area contributed by atoms with E-state index < -0.39 is 0 Å². The van der Waals surface area contributed by atoms with Crippen LogP contribution in [-0.2, 0) is 4.79 Å². The fourth-order valence-electron chi connectivity index (χ4n) is 2.15. The molecule has 0 radical (unpaired) electrons. The minimum atomic E-state index is -0.339. The lowest BCUT2D eigenvalue weighted by molar-refractivity contribution is -0.117. The number of amides is 3. The number of carbonyl (C=O) groups is 2. The second-order valence-corrected chi connectivity index (χ2v) is 4.78. The molecule has 3 amide bonds. The summed E-state index contributed by atoms with van der Waals surface area (Å²) in [6.45, 7) is 2.98. The standard InChI is InChI=1S/C14H18FN3O2/c1-2-7-16-14(20)17-11-8-13(19)18(9-11)12-5-3-10(15)4-6-12/h3-6,11H,2,7-9H2,1H3,(H2,16,17,20)/t11-/m0/s1. The third kappa shape index (κ3) is 3.46. The van der Waals surface area contributed by atoms with Gasteiger partial charge in [-0.15, -0.1) is 0 Å². The van der Waals surface area contributed by atoms with Crippen LogP contribution < -0.4 is 15.5 Å². The first-order chi connectivity index (χ1) is 9.60. The molecule has 2 N–H and O–H groups in total. The topological polar surface area (TPSA) is 61.4 Å². The molecule has 1 aliphatic heterocycles. The number of rotatable bonds is 4. The Kier molecular flexibility index (Phi) is 4.55. The van der Waals surface area contributed by atoms with Crippen molar-refractivity contribution in [2.75, 3.05) is 18.0 Å². The number of carbonyl (C=O) groups excluding carboxylic acids is 2. The summed E-state index contributed by atoms with van der Waals surface area (Å²) in [6, 6.07) is 5.28. The first kappa shape index (κ1) is 14.3. The van der Waals surface area contributed by atoms with Gasteiger partial charge in [-0.05, 0) is 30.7 Å². The van der Waals surface area contributed by atoms with Gasteiger partial charge in [0, 0.05) is 25.2 Å². The summed E-state index contributed by atoms with van der Waals surface area (Å²) in [5.41, 5.74) is 0.648. The lowest BCUT2D eigenvalue weighted by atomic mass is 10.2. The van der Waals surface area contributed by atoms with Gasteiger partial charge in [0.25, 0.3) is 0 Å². The first-order valence-electron chi connectivity index (χ1n) is 6.70. The second kappa shape index (κ2) is 6.36. The van der Waals surface area contributed by atoms with Gasteiger partial charge in [-0.3, -0.25) is 4.79 Å². The van der Waals surface area contributed by atoms with Gasteiger partial charge in [0.2, 0.25) is 5.91 Å². The fourth-order valence-corrected chi connectivity index (χ4v) is 2.15. The average molecular weight is 279 g/mol. The maximum Gasteiger partial charge on any atom is 0.315 e. The van der Waals surface area contributed by atoms with E-state index in [0.29, 0.717) is 18.8 Å². The van der Waals surface area contributed by atoms with Crippen molar-refractivity contribution in [3.8, 4) is 0 Å². The van der Waals surface area contributed by atoms with Gasteiger partial charge in [0.15, 0.2) is 0 Å². The van der Waals surface area contributed by atoms with Crippen molar-refractivity contribution in [2.45, 2.75) is 25.8 Å². The third-order valence-corrected chi connectivity index (χ3v) is 3.13. The number of benzene rings is 1. The molecule has 0 saturated carbocycles. The Morgan fingerprint density at radius 3 is 2.75 bits per heavy atom. The lowest BCUT2D eigenvalue weighted by Gasteiger charge is -2.17. The zero-order valence-electron chi connectivity index (χ0n) is 11.4. The molecular weight excluding hydrogens is 261 g/mol. The third-order valence-electron chi connectivity index (χ3n) is 3.13. The maximum absolute atomic E-state index is 12.9. The van der Waals surface area contributed by atoms with Crippen LogP contribution in [0, 0.1) is 5.82 Å². The predicted octanol–water partition coefficient (Wildman–Crippen LogP) is 1.64. The van der Waals surface area contributed by atoms with Crippen molar-refractivity contribution in [3.05, 3.63) is 30.1 Å². The van der Waals surface area contributed by atoms with E-state index in [1.54, 1.807) is 17.0 Å². The molecule has 1 aliphatic rings. The molecule has 1 atom stereocenters. The van der Waals surface area contributed by atoms with Gasteiger partial charge in [-0.2, -0.15) is 0 Å². The Hall–Kier alpha value is -2.11. The van der Waals surface area contributed by atoms with Crippen LogP contribution in [0.25, 0.3) is 0 Å². The highest BCUT2D eigenvalue weighted by atomic mass is 19.1. The Balaban J connectivity index is 1.93. The van der Waals surface area contributed by atoms with Crippen LogP contribution in [0.15, 0.2) is 24.3 Å². The molecule has 108 valence electrons. The molecule has 5 nitrogen and oxygen atoms in total. The van der Waals surface area contributed by atoms with Crippen LogP contribution in [0.2, 0.25) is 0 Å². The van der Waals surface area contributed by atoms with Crippen LogP contribution >= 0.6 is 0 Å². The van der Waals surface area contributed by atoms with Gasteiger partial charge < -0.3 is 15.5 Å². The number of hydrogen-bond donors (Lipinski definition) is 2. The van der Waals surface area contributed by atoms with Crippen molar-refractivity contribution < 1.29 is 14.0 Å². The van der Waals surface area contributed by atoms with Crippen molar-refractivity contribution >= 4 is 17.6 Å². The predicted molar refractivity (Wildman–Crippen MR) is 74.0 cm³/mol. The highest BCUT2D eigenvalue weighted by Crippen LogP contribution is 2.21. The van der Waals surface area contributed by atoms with Crippen molar-refractivity contribution in [3.63, 3.8) is 0 Å². The number of nitrogens with one attached hydrogen (secondary N) is 2. The summed E-state index contributed by atoms with van der Waals surface area (Å²) < 4.78 is 12.9. The lowest BCUT2D eigenvalue weighted by Crippen LogP contribution is -2.43. The van der Waals surface area contributed by atoms with E-state index in [4.69, 9.17) is 0 Å². The zero-order valence-corrected chi connectivity index (χ0v) is 11.4. The van der Waals surface area contributed by atoms with Crippen LogP contribution in [0.5, 0.6) is 0 Å². The van der Waals surface area contributed by atoms with E-state index in [0.717, 1.165) is 6.42 Å². The Morgan fingerprint density at radius 1 is 1.40 bits per heavy atom. The molecule has 2 rings (SSSR count). The average Bonchev–Trinajstić information content (AvgIpc) is 2.78. The van der Waals surface area contributed by atoms with E-state index in [-0.39, 0.29) is 30.2 Å². The summed E-state index contributed by atoms with van der Waals surface area (Å²) in [7, 11) is 0. The molecule has 0 aromatic heterocycles. The molecule has 0 bridgehead atoms. The monoisotopic (exact) mass is 279 g/mol. The normalized spacial score (nSPS) is 18.2. The molecule has 1 aromatic carbocycles. The van der Waals surface area contributed by atoms with Crippen molar-refractivity contribution in [2.24, 2.45) is 0 Å². The number of hydrogen-bond acceptors (Lipinski definition) is 2. The smallest absolute Gasteiger partial charge is 0.315 e. The largest absolute Gasteiger partial charge is 0.338 e. The van der Waals surface area contributed by atoms with E-state index >= 15 is 0 Å². The van der Waals surface area contributed by atoms with Gasteiger partial charge >= 0.3 is 6.03 Å². The second-order valence-electron chi connectivity index (χ2n) is 4.78. The van der Waals surface area contributed by atoms with Gasteiger partial charge in [0.05, 0.1) is 6.04 Å². The quantitative estimate of drug-likeness (QED) is 0.880. The number of urea groups is 1. The molecular formula is C14H18FN3O2. The summed E-state index contributed by atoms with van der Waals surface area (Å²) in [4.78, 5) is 25.0. The Labute approximate surface area is 117 Å². The molecule has 1 saturated heterocycles. The molecule has 0 aliphatic carbocycles. The number of halogens is 1. The highest BCUT2D eigenvalue weighted by Gasteiger charge is 2.31. The summed E-state index contributed by atoms with van der Waals surface area (Å²) >= 11 is 0. The fraction of sp³-hybridized carbons (Fsp3) is 0.429.